The Morgan fingerprint density at radius 2 is 2.22 bits per heavy atom. The normalized spacial score (nSPS) is 24.6. The Bertz CT molecular complexity index is 400. The summed E-state index contributed by atoms with van der Waals surface area (Å²) in [5, 5.41) is 8.22. The fraction of sp³-hybridized carbons (Fsp3) is 0.786. The monoisotopic (exact) mass is 313 g/mol. The maximum atomic E-state index is 4.51. The third-order valence-corrected chi connectivity index (χ3v) is 4.40. The highest BCUT2D eigenvalue weighted by Crippen LogP contribution is 2.48. The summed E-state index contributed by atoms with van der Waals surface area (Å²) in [6, 6.07) is 0.852. The minimum atomic E-state index is 0.409. The van der Waals surface area contributed by atoms with Gasteiger partial charge in [0.2, 0.25) is 0 Å². The van der Waals surface area contributed by atoms with Crippen LogP contribution in [0, 0.1) is 11.8 Å². The maximum Gasteiger partial charge on any atom is 0.0701 e. The van der Waals surface area contributed by atoms with E-state index in [9.17, 15) is 0 Å². The molecule has 1 aliphatic carbocycles. The smallest absolute Gasteiger partial charge is 0.0701 e. The van der Waals surface area contributed by atoms with Crippen LogP contribution in [0.25, 0.3) is 0 Å². The molecule has 1 N–H and O–H groups in total. The van der Waals surface area contributed by atoms with Crippen molar-refractivity contribution in [1.29, 1.82) is 0 Å². The van der Waals surface area contributed by atoms with Crippen LogP contribution in [0.3, 0.4) is 0 Å². The molecule has 2 rings (SSSR count). The summed E-state index contributed by atoms with van der Waals surface area (Å²) >= 11 is 3.67. The van der Waals surface area contributed by atoms with E-state index in [4.69, 9.17) is 0 Å². The molecule has 1 aromatic heterocycles. The van der Waals surface area contributed by atoms with Gasteiger partial charge in [-0.25, -0.2) is 0 Å². The first-order valence-electron chi connectivity index (χ1n) is 7.02. The number of hydrogen-bond acceptors (Lipinski definition) is 2. The van der Waals surface area contributed by atoms with Crippen LogP contribution in [0.5, 0.6) is 0 Å². The zero-order chi connectivity index (χ0) is 13.3. The lowest BCUT2D eigenvalue weighted by Crippen LogP contribution is -2.27. The van der Waals surface area contributed by atoms with Crippen molar-refractivity contribution in [3.05, 3.63) is 16.4 Å². The van der Waals surface area contributed by atoms with E-state index in [0.717, 1.165) is 22.9 Å². The second kappa shape index (κ2) is 5.74. The van der Waals surface area contributed by atoms with Gasteiger partial charge in [-0.05, 0) is 61.0 Å². The molecule has 0 aromatic carbocycles. The molecule has 1 saturated carbocycles. The van der Waals surface area contributed by atoms with Crippen molar-refractivity contribution in [3.63, 3.8) is 0 Å². The number of nitrogens with zero attached hydrogens (tertiary/aromatic N) is 2. The van der Waals surface area contributed by atoms with Crippen LogP contribution in [0.4, 0.5) is 0 Å². The Hall–Kier alpha value is -0.350. The van der Waals surface area contributed by atoms with E-state index in [1.54, 1.807) is 0 Å². The van der Waals surface area contributed by atoms with E-state index < -0.39 is 0 Å². The Balaban J connectivity index is 2.26. The molecule has 1 fully saturated rings. The first kappa shape index (κ1) is 14.1. The Morgan fingerprint density at radius 3 is 2.72 bits per heavy atom. The van der Waals surface area contributed by atoms with E-state index >= 15 is 0 Å². The van der Waals surface area contributed by atoms with Gasteiger partial charge in [-0.2, -0.15) is 5.10 Å². The van der Waals surface area contributed by atoms with Gasteiger partial charge in [0.1, 0.15) is 0 Å². The fourth-order valence-corrected chi connectivity index (χ4v) is 3.14. The van der Waals surface area contributed by atoms with Gasteiger partial charge in [-0.3, -0.25) is 4.68 Å². The summed E-state index contributed by atoms with van der Waals surface area (Å²) in [6.45, 7) is 10.0. The van der Waals surface area contributed by atoms with Crippen LogP contribution < -0.4 is 5.32 Å². The van der Waals surface area contributed by atoms with Gasteiger partial charge in [0, 0.05) is 6.04 Å². The highest BCUT2D eigenvalue weighted by molar-refractivity contribution is 9.10. The van der Waals surface area contributed by atoms with Crippen LogP contribution in [0.2, 0.25) is 0 Å². The number of nitrogens with one attached hydrogen (secondary N) is 1. The first-order valence-corrected chi connectivity index (χ1v) is 7.81. The van der Waals surface area contributed by atoms with Crippen LogP contribution in [0.15, 0.2) is 10.7 Å². The summed E-state index contributed by atoms with van der Waals surface area (Å²) in [4.78, 5) is 0. The molecular weight excluding hydrogens is 290 g/mol. The van der Waals surface area contributed by atoms with E-state index in [2.05, 4.69) is 58.7 Å². The van der Waals surface area contributed by atoms with Gasteiger partial charge >= 0.3 is 0 Å². The molecule has 1 aliphatic rings. The van der Waals surface area contributed by atoms with Gasteiger partial charge in [0.05, 0.1) is 22.4 Å². The van der Waals surface area contributed by atoms with Crippen LogP contribution in [0.1, 0.15) is 58.3 Å². The van der Waals surface area contributed by atoms with Gasteiger partial charge < -0.3 is 5.32 Å². The van der Waals surface area contributed by atoms with Crippen molar-refractivity contribution < 1.29 is 0 Å². The first-order chi connectivity index (χ1) is 8.56. The Kier molecular flexibility index (Phi) is 4.49. The molecule has 1 heterocycles. The number of aromatic nitrogens is 2. The molecule has 0 saturated heterocycles. The predicted octanol–water partition coefficient (Wildman–Crippen LogP) is 3.92. The molecule has 0 radical (unpaired) electrons. The van der Waals surface area contributed by atoms with Gasteiger partial charge in [0.25, 0.3) is 0 Å². The van der Waals surface area contributed by atoms with Gasteiger partial charge in [-0.15, -0.1) is 0 Å². The minimum Gasteiger partial charge on any atom is -0.308 e. The van der Waals surface area contributed by atoms with Gasteiger partial charge in [0.15, 0.2) is 0 Å². The van der Waals surface area contributed by atoms with E-state index in [1.165, 1.54) is 18.5 Å². The molecule has 18 heavy (non-hydrogen) atoms. The van der Waals surface area contributed by atoms with Crippen molar-refractivity contribution >= 4 is 15.9 Å². The third kappa shape index (κ3) is 2.80. The second-order valence-electron chi connectivity index (χ2n) is 5.72. The van der Waals surface area contributed by atoms with E-state index in [0.29, 0.717) is 12.1 Å². The third-order valence-electron chi connectivity index (χ3n) is 3.78. The van der Waals surface area contributed by atoms with Crippen molar-refractivity contribution in [2.24, 2.45) is 11.8 Å². The number of rotatable bonds is 6. The summed E-state index contributed by atoms with van der Waals surface area (Å²) in [5.41, 5.74) is 1.33. The number of halogens is 1. The van der Waals surface area contributed by atoms with Gasteiger partial charge in [-0.1, -0.05) is 13.8 Å². The molecule has 0 bridgehead atoms. The molecule has 3 nitrogen and oxygen atoms in total. The van der Waals surface area contributed by atoms with Crippen molar-refractivity contribution in [3.8, 4) is 0 Å². The van der Waals surface area contributed by atoms with E-state index in [-0.39, 0.29) is 0 Å². The lowest BCUT2D eigenvalue weighted by Gasteiger charge is -2.22. The zero-order valence-electron chi connectivity index (χ0n) is 11.8. The largest absolute Gasteiger partial charge is 0.308 e. The van der Waals surface area contributed by atoms with Crippen LogP contribution in [-0.4, -0.2) is 16.3 Å². The zero-order valence-corrected chi connectivity index (χ0v) is 13.4. The van der Waals surface area contributed by atoms with Crippen molar-refractivity contribution in [2.45, 2.75) is 52.6 Å². The minimum absolute atomic E-state index is 0.409. The average Bonchev–Trinajstić information content (AvgIpc) is 2.90. The summed E-state index contributed by atoms with van der Waals surface area (Å²) < 4.78 is 3.30. The van der Waals surface area contributed by atoms with Crippen molar-refractivity contribution in [2.75, 3.05) is 6.54 Å². The summed E-state index contributed by atoms with van der Waals surface area (Å²) in [5.74, 6) is 1.60. The lowest BCUT2D eigenvalue weighted by molar-refractivity contribution is 0.403. The highest BCUT2D eigenvalue weighted by atomic mass is 79.9. The molecule has 3 atom stereocenters. The maximum absolute atomic E-state index is 4.51. The fourth-order valence-electron chi connectivity index (χ4n) is 2.62. The molecule has 0 amide bonds. The molecule has 1 aromatic rings. The Morgan fingerprint density at radius 1 is 1.56 bits per heavy atom. The Labute approximate surface area is 118 Å². The van der Waals surface area contributed by atoms with Crippen LogP contribution in [-0.2, 0) is 0 Å². The SMILES string of the molecule is CCCNC(c1c(Br)cnn1C(C)C)C1CC1C. The average molecular weight is 314 g/mol. The number of hydrogen-bond donors (Lipinski definition) is 1. The van der Waals surface area contributed by atoms with Crippen LogP contribution >= 0.6 is 15.9 Å². The molecule has 102 valence electrons. The topological polar surface area (TPSA) is 29.9 Å². The molecule has 4 heteroatoms. The quantitative estimate of drug-likeness (QED) is 0.862. The summed E-state index contributed by atoms with van der Waals surface area (Å²) in [6.07, 6.45) is 4.44. The summed E-state index contributed by atoms with van der Waals surface area (Å²) in [7, 11) is 0. The molecule has 3 unspecified atom stereocenters. The standard InChI is InChI=1S/C14H24BrN3/c1-5-6-16-13(11-7-10(11)4)14-12(15)8-17-18(14)9(2)3/h8-11,13,16H,5-7H2,1-4H3. The highest BCUT2D eigenvalue weighted by Gasteiger charge is 2.42. The molecular formula is C14H24BrN3. The van der Waals surface area contributed by atoms with Crippen molar-refractivity contribution in [1.82, 2.24) is 15.1 Å². The molecule has 0 spiro atoms. The van der Waals surface area contributed by atoms with E-state index in [1.807, 2.05) is 6.20 Å². The predicted molar refractivity (Wildman–Crippen MR) is 78.6 cm³/mol. The molecule has 0 aliphatic heterocycles. The lowest BCUT2D eigenvalue weighted by atomic mass is 10.1. The second-order valence-corrected chi connectivity index (χ2v) is 6.58.